The van der Waals surface area contributed by atoms with Gasteiger partial charge in [-0.15, -0.1) is 0 Å². The van der Waals surface area contributed by atoms with Gasteiger partial charge in [0, 0.05) is 31.1 Å². The van der Waals surface area contributed by atoms with E-state index in [2.05, 4.69) is 15.5 Å². The average molecular weight is 300 g/mol. The van der Waals surface area contributed by atoms with Crippen LogP contribution in [0.25, 0.3) is 11.4 Å². The van der Waals surface area contributed by atoms with Gasteiger partial charge in [0.25, 0.3) is 0 Å². The molecular weight excluding hydrogens is 280 g/mol. The summed E-state index contributed by atoms with van der Waals surface area (Å²) in [5.41, 5.74) is 0.956. The molecule has 116 valence electrons. The molecule has 3 rings (SSSR count). The molecule has 0 spiro atoms. The van der Waals surface area contributed by atoms with Crippen LogP contribution in [0.2, 0.25) is 0 Å². The number of carbonyl (C=O) groups excluding carboxylic acids is 1. The fourth-order valence-corrected chi connectivity index (χ4v) is 2.70. The van der Waals surface area contributed by atoms with Crippen molar-refractivity contribution in [3.05, 3.63) is 36.2 Å². The molecule has 22 heavy (non-hydrogen) atoms. The molecule has 6 nitrogen and oxygen atoms in total. The van der Waals surface area contributed by atoms with Crippen molar-refractivity contribution in [3.63, 3.8) is 0 Å². The molecule has 1 aliphatic heterocycles. The molecule has 0 bridgehead atoms. The van der Waals surface area contributed by atoms with Gasteiger partial charge in [-0.05, 0) is 19.8 Å². The normalized spacial score (nSPS) is 15.8. The third kappa shape index (κ3) is 3.10. The lowest BCUT2D eigenvalue weighted by molar-refractivity contribution is 0.176. The average Bonchev–Trinajstić information content (AvgIpc) is 3.06. The molecule has 2 heterocycles. The maximum Gasteiger partial charge on any atom is 0.317 e. The molecule has 1 aromatic carbocycles. The van der Waals surface area contributed by atoms with Crippen molar-refractivity contribution >= 4 is 6.03 Å². The third-order valence-electron chi connectivity index (χ3n) is 3.93. The number of amides is 2. The first kappa shape index (κ1) is 14.6. The Morgan fingerprint density at radius 3 is 2.73 bits per heavy atom. The molecule has 0 saturated carbocycles. The first-order chi connectivity index (χ1) is 10.8. The second-order valence-electron chi connectivity index (χ2n) is 5.42. The highest BCUT2D eigenvalue weighted by molar-refractivity contribution is 5.74. The predicted molar refractivity (Wildman–Crippen MR) is 82.4 cm³/mol. The van der Waals surface area contributed by atoms with Crippen molar-refractivity contribution in [2.45, 2.75) is 25.7 Å². The van der Waals surface area contributed by atoms with Crippen LogP contribution in [0, 0.1) is 0 Å². The van der Waals surface area contributed by atoms with Crippen molar-refractivity contribution in [1.29, 1.82) is 0 Å². The first-order valence-corrected chi connectivity index (χ1v) is 7.69. The zero-order valence-corrected chi connectivity index (χ0v) is 12.7. The van der Waals surface area contributed by atoms with E-state index < -0.39 is 0 Å². The van der Waals surface area contributed by atoms with E-state index in [4.69, 9.17) is 4.52 Å². The lowest BCUT2D eigenvalue weighted by atomic mass is 9.97. The van der Waals surface area contributed by atoms with E-state index in [1.165, 1.54) is 0 Å². The molecule has 1 N–H and O–H groups in total. The predicted octanol–water partition coefficient (Wildman–Crippen LogP) is 2.65. The van der Waals surface area contributed by atoms with Crippen LogP contribution in [0.15, 0.2) is 34.9 Å². The molecule has 1 fully saturated rings. The minimum atomic E-state index is 0.0106. The van der Waals surface area contributed by atoms with Gasteiger partial charge in [0.1, 0.15) is 0 Å². The van der Waals surface area contributed by atoms with Gasteiger partial charge in [-0.3, -0.25) is 0 Å². The van der Waals surface area contributed by atoms with Crippen molar-refractivity contribution in [2.24, 2.45) is 0 Å². The zero-order valence-electron chi connectivity index (χ0n) is 12.7. The number of nitrogens with zero attached hydrogens (tertiary/aromatic N) is 3. The van der Waals surface area contributed by atoms with E-state index in [0.717, 1.165) is 31.5 Å². The Morgan fingerprint density at radius 1 is 1.32 bits per heavy atom. The van der Waals surface area contributed by atoms with Crippen LogP contribution in [-0.2, 0) is 0 Å². The Balaban J connectivity index is 1.63. The Kier molecular flexibility index (Phi) is 4.37. The van der Waals surface area contributed by atoms with E-state index in [0.29, 0.717) is 18.3 Å². The van der Waals surface area contributed by atoms with Crippen molar-refractivity contribution in [1.82, 2.24) is 20.4 Å². The molecule has 0 atom stereocenters. The van der Waals surface area contributed by atoms with Crippen LogP contribution in [0.5, 0.6) is 0 Å². The quantitative estimate of drug-likeness (QED) is 0.946. The van der Waals surface area contributed by atoms with Crippen molar-refractivity contribution < 1.29 is 9.32 Å². The maximum atomic E-state index is 11.8. The fourth-order valence-electron chi connectivity index (χ4n) is 2.70. The van der Waals surface area contributed by atoms with Crippen molar-refractivity contribution in [2.75, 3.05) is 19.6 Å². The molecule has 0 radical (unpaired) electrons. The number of hydrogen-bond donors (Lipinski definition) is 1. The third-order valence-corrected chi connectivity index (χ3v) is 3.93. The van der Waals surface area contributed by atoms with Crippen LogP contribution in [0.1, 0.15) is 31.6 Å². The lowest BCUT2D eigenvalue weighted by Gasteiger charge is -2.30. The molecule has 0 unspecified atom stereocenters. The highest BCUT2D eigenvalue weighted by atomic mass is 16.5. The summed E-state index contributed by atoms with van der Waals surface area (Å²) in [6, 6.07) is 9.81. The summed E-state index contributed by atoms with van der Waals surface area (Å²) in [5.74, 6) is 1.53. The van der Waals surface area contributed by atoms with Crippen LogP contribution in [-0.4, -0.2) is 40.7 Å². The van der Waals surface area contributed by atoms with Crippen LogP contribution >= 0.6 is 0 Å². The maximum absolute atomic E-state index is 11.8. The second-order valence-corrected chi connectivity index (χ2v) is 5.42. The number of benzene rings is 1. The van der Waals surface area contributed by atoms with E-state index in [1.54, 1.807) is 0 Å². The van der Waals surface area contributed by atoms with Gasteiger partial charge in [0.05, 0.1) is 0 Å². The van der Waals surface area contributed by atoms with Gasteiger partial charge in [-0.2, -0.15) is 4.98 Å². The molecule has 0 aliphatic carbocycles. The fraction of sp³-hybridized carbons (Fsp3) is 0.438. The van der Waals surface area contributed by atoms with E-state index in [1.807, 2.05) is 42.2 Å². The largest absolute Gasteiger partial charge is 0.339 e. The van der Waals surface area contributed by atoms with Gasteiger partial charge < -0.3 is 14.7 Å². The number of rotatable bonds is 3. The summed E-state index contributed by atoms with van der Waals surface area (Å²) in [4.78, 5) is 18.1. The zero-order chi connectivity index (χ0) is 15.4. The minimum Gasteiger partial charge on any atom is -0.339 e. The highest BCUT2D eigenvalue weighted by Gasteiger charge is 2.27. The van der Waals surface area contributed by atoms with Gasteiger partial charge in [-0.25, -0.2) is 4.79 Å². The summed E-state index contributed by atoms with van der Waals surface area (Å²) in [6.45, 7) is 4.02. The Hall–Kier alpha value is -2.37. The minimum absolute atomic E-state index is 0.0106. The molecule has 2 aromatic rings. The van der Waals surface area contributed by atoms with E-state index in [9.17, 15) is 4.79 Å². The highest BCUT2D eigenvalue weighted by Crippen LogP contribution is 2.28. The number of nitrogens with one attached hydrogen (secondary N) is 1. The van der Waals surface area contributed by atoms with Crippen LogP contribution in [0.4, 0.5) is 4.79 Å². The number of hydrogen-bond acceptors (Lipinski definition) is 4. The van der Waals surface area contributed by atoms with Gasteiger partial charge in [0.15, 0.2) is 0 Å². The van der Waals surface area contributed by atoms with E-state index in [-0.39, 0.29) is 11.9 Å². The van der Waals surface area contributed by atoms with Crippen LogP contribution in [0.3, 0.4) is 0 Å². The molecule has 6 heteroatoms. The molecule has 1 aromatic heterocycles. The standard InChI is InChI=1S/C16H20N4O2/c1-2-17-16(21)20-10-8-13(9-11-20)15-18-14(19-22-15)12-6-4-3-5-7-12/h3-7,13H,2,8-11H2,1H3,(H,17,21). The number of urea groups is 1. The Labute approximate surface area is 129 Å². The van der Waals surface area contributed by atoms with Crippen LogP contribution < -0.4 is 5.32 Å². The summed E-state index contributed by atoms with van der Waals surface area (Å²) < 4.78 is 5.42. The summed E-state index contributed by atoms with van der Waals surface area (Å²) in [7, 11) is 0. The first-order valence-electron chi connectivity index (χ1n) is 7.69. The number of likely N-dealkylation sites (tertiary alicyclic amines) is 1. The smallest absolute Gasteiger partial charge is 0.317 e. The summed E-state index contributed by atoms with van der Waals surface area (Å²) in [6.07, 6.45) is 1.71. The SMILES string of the molecule is CCNC(=O)N1CCC(c2nc(-c3ccccc3)no2)CC1. The topological polar surface area (TPSA) is 71.3 Å². The van der Waals surface area contributed by atoms with E-state index >= 15 is 0 Å². The second kappa shape index (κ2) is 6.60. The Bertz CT molecular complexity index is 618. The Morgan fingerprint density at radius 2 is 2.05 bits per heavy atom. The monoisotopic (exact) mass is 300 g/mol. The molecular formula is C16H20N4O2. The lowest BCUT2D eigenvalue weighted by Crippen LogP contribution is -2.44. The van der Waals surface area contributed by atoms with Gasteiger partial charge in [0.2, 0.25) is 11.7 Å². The summed E-state index contributed by atoms with van der Waals surface area (Å²) in [5, 5.41) is 6.90. The van der Waals surface area contributed by atoms with Crippen molar-refractivity contribution in [3.8, 4) is 11.4 Å². The van der Waals surface area contributed by atoms with Gasteiger partial charge >= 0.3 is 6.03 Å². The molecule has 1 aliphatic rings. The number of carbonyl (C=O) groups is 1. The van der Waals surface area contributed by atoms with Gasteiger partial charge in [-0.1, -0.05) is 35.5 Å². The molecule has 2 amide bonds. The number of aromatic nitrogens is 2. The molecule has 1 saturated heterocycles. The number of piperidine rings is 1. The summed E-state index contributed by atoms with van der Waals surface area (Å²) >= 11 is 0.